The third-order valence-electron chi connectivity index (χ3n) is 6.52. The summed E-state index contributed by atoms with van der Waals surface area (Å²) >= 11 is 0. The second kappa shape index (κ2) is 11.8. The van der Waals surface area contributed by atoms with Gasteiger partial charge in [0.1, 0.15) is 12.4 Å². The number of likely N-dealkylation sites (N-methyl/N-ethyl adjacent to an activating group) is 1. The average molecular weight is 473 g/mol. The zero-order valence-corrected chi connectivity index (χ0v) is 20.3. The minimum absolute atomic E-state index is 0.00336. The van der Waals surface area contributed by atoms with E-state index in [2.05, 4.69) is 0 Å². The molecule has 0 bridgehead atoms. The Morgan fingerprint density at radius 3 is 2.32 bits per heavy atom. The summed E-state index contributed by atoms with van der Waals surface area (Å²) in [6, 6.07) is 11.6. The van der Waals surface area contributed by atoms with Gasteiger partial charge in [-0.1, -0.05) is 18.2 Å². The predicted octanol–water partition coefficient (Wildman–Crippen LogP) is 3.41. The van der Waals surface area contributed by atoms with Crippen LogP contribution < -0.4 is 9.47 Å². The molecule has 7 nitrogen and oxygen atoms in total. The van der Waals surface area contributed by atoms with Gasteiger partial charge in [0.15, 0.2) is 11.5 Å². The van der Waals surface area contributed by atoms with Gasteiger partial charge in [0.2, 0.25) is 5.91 Å². The molecular formula is C26H33FN2O5. The van der Waals surface area contributed by atoms with Crippen LogP contribution in [0.3, 0.4) is 0 Å². The maximum Gasteiger partial charge on any atom is 0.257 e. The Balaban J connectivity index is 1.74. The van der Waals surface area contributed by atoms with Crippen molar-refractivity contribution < 1.29 is 28.2 Å². The second-order valence-corrected chi connectivity index (χ2v) is 8.51. The van der Waals surface area contributed by atoms with Crippen molar-refractivity contribution in [2.24, 2.45) is 5.92 Å². The number of likely N-dealkylation sites (tertiary alicyclic amines) is 1. The number of hydrogen-bond donors (Lipinski definition) is 0. The van der Waals surface area contributed by atoms with Crippen molar-refractivity contribution in [1.29, 1.82) is 0 Å². The lowest BCUT2D eigenvalue weighted by Crippen LogP contribution is -2.49. The lowest BCUT2D eigenvalue weighted by atomic mass is 9.84. The molecule has 1 saturated heterocycles. The van der Waals surface area contributed by atoms with Gasteiger partial charge in [-0.2, -0.15) is 0 Å². The number of methoxy groups -OCH3 is 3. The molecule has 1 heterocycles. The summed E-state index contributed by atoms with van der Waals surface area (Å²) in [6.45, 7) is 1.13. The number of nitrogens with zero attached hydrogens (tertiary/aromatic N) is 2. The van der Waals surface area contributed by atoms with Crippen LogP contribution >= 0.6 is 0 Å². The molecule has 2 aromatic carbocycles. The number of rotatable bonds is 9. The first-order valence-corrected chi connectivity index (χ1v) is 11.4. The van der Waals surface area contributed by atoms with Gasteiger partial charge < -0.3 is 24.0 Å². The van der Waals surface area contributed by atoms with Gasteiger partial charge >= 0.3 is 0 Å². The lowest BCUT2D eigenvalue weighted by Gasteiger charge is -2.40. The highest BCUT2D eigenvalue weighted by atomic mass is 19.1. The molecule has 184 valence electrons. The molecule has 1 aliphatic rings. The highest BCUT2D eigenvalue weighted by Gasteiger charge is 2.33. The van der Waals surface area contributed by atoms with Crippen molar-refractivity contribution in [3.8, 4) is 11.5 Å². The summed E-state index contributed by atoms with van der Waals surface area (Å²) in [6.07, 6.45) is 2.09. The Hall–Kier alpha value is -3.13. The maximum absolute atomic E-state index is 13.4. The summed E-state index contributed by atoms with van der Waals surface area (Å²) in [5.41, 5.74) is 1.43. The van der Waals surface area contributed by atoms with Gasteiger partial charge in [-0.25, -0.2) is 4.39 Å². The number of ether oxygens (including phenoxy) is 3. The van der Waals surface area contributed by atoms with Crippen LogP contribution in [-0.2, 0) is 16.0 Å². The predicted molar refractivity (Wildman–Crippen MR) is 127 cm³/mol. The van der Waals surface area contributed by atoms with Gasteiger partial charge in [0, 0.05) is 33.3 Å². The monoisotopic (exact) mass is 472 g/mol. The van der Waals surface area contributed by atoms with Crippen LogP contribution in [-0.4, -0.2) is 75.7 Å². The van der Waals surface area contributed by atoms with Crippen molar-refractivity contribution in [3.63, 3.8) is 0 Å². The second-order valence-electron chi connectivity index (χ2n) is 8.51. The zero-order valence-electron chi connectivity index (χ0n) is 20.3. The number of carbonyl (C=O) groups excluding carboxylic acids is 2. The smallest absolute Gasteiger partial charge is 0.257 e. The van der Waals surface area contributed by atoms with E-state index < -0.39 is 0 Å². The molecule has 1 fully saturated rings. The third-order valence-corrected chi connectivity index (χ3v) is 6.52. The molecule has 0 radical (unpaired) electrons. The van der Waals surface area contributed by atoms with E-state index in [1.165, 1.54) is 26.4 Å². The summed E-state index contributed by atoms with van der Waals surface area (Å²) < 4.78 is 29.2. The lowest BCUT2D eigenvalue weighted by molar-refractivity contribution is -0.137. The van der Waals surface area contributed by atoms with Crippen molar-refractivity contribution in [1.82, 2.24) is 9.80 Å². The normalized spacial score (nSPS) is 15.0. The van der Waals surface area contributed by atoms with Crippen molar-refractivity contribution >= 4 is 11.8 Å². The zero-order chi connectivity index (χ0) is 24.7. The SMILES string of the molecule is COCC(=O)N(C)C(Cc1ccc(F)cc1)C1CCN(C(=O)c2cccc(OC)c2OC)CC1. The van der Waals surface area contributed by atoms with Crippen LogP contribution in [0.4, 0.5) is 4.39 Å². The Bertz CT molecular complexity index is 974. The third kappa shape index (κ3) is 5.86. The Morgan fingerprint density at radius 2 is 1.74 bits per heavy atom. The quantitative estimate of drug-likeness (QED) is 0.560. The molecule has 1 unspecified atom stereocenters. The van der Waals surface area contributed by atoms with Crippen LogP contribution in [0.25, 0.3) is 0 Å². The Kier molecular flexibility index (Phi) is 8.87. The van der Waals surface area contributed by atoms with Crippen molar-refractivity contribution in [2.75, 3.05) is 48.1 Å². The summed E-state index contributed by atoms with van der Waals surface area (Å²) in [5, 5.41) is 0. The van der Waals surface area contributed by atoms with Crippen LogP contribution in [0.5, 0.6) is 11.5 Å². The van der Waals surface area contributed by atoms with E-state index in [1.807, 2.05) is 4.90 Å². The first kappa shape index (κ1) is 25.5. The molecule has 2 amide bonds. The van der Waals surface area contributed by atoms with Crippen LogP contribution in [0.15, 0.2) is 42.5 Å². The van der Waals surface area contributed by atoms with E-state index in [0.717, 1.165) is 18.4 Å². The van der Waals surface area contributed by atoms with Crippen LogP contribution in [0.2, 0.25) is 0 Å². The van der Waals surface area contributed by atoms with Crippen LogP contribution in [0, 0.1) is 11.7 Å². The fourth-order valence-electron chi connectivity index (χ4n) is 4.61. The number of halogens is 1. The molecule has 34 heavy (non-hydrogen) atoms. The van der Waals surface area contributed by atoms with E-state index in [4.69, 9.17) is 14.2 Å². The first-order valence-electron chi connectivity index (χ1n) is 11.4. The number of piperidine rings is 1. The van der Waals surface area contributed by atoms with E-state index in [-0.39, 0.29) is 36.2 Å². The fourth-order valence-corrected chi connectivity index (χ4v) is 4.61. The van der Waals surface area contributed by atoms with Gasteiger partial charge in [0.05, 0.1) is 19.8 Å². The Morgan fingerprint density at radius 1 is 1.06 bits per heavy atom. The largest absolute Gasteiger partial charge is 0.493 e. The molecule has 3 rings (SSSR count). The molecular weight excluding hydrogens is 439 g/mol. The molecule has 2 aromatic rings. The van der Waals surface area contributed by atoms with E-state index >= 15 is 0 Å². The van der Waals surface area contributed by atoms with Crippen molar-refractivity contribution in [2.45, 2.75) is 25.3 Å². The molecule has 0 N–H and O–H groups in total. The topological polar surface area (TPSA) is 68.3 Å². The minimum atomic E-state index is -0.288. The standard InChI is InChI=1S/C26H33FN2O5/c1-28(24(30)17-32-2)22(16-18-8-10-20(27)11-9-18)19-12-14-29(15-13-19)26(31)21-6-5-7-23(33-3)25(21)34-4/h5-11,19,22H,12-17H2,1-4H3. The molecule has 0 saturated carbocycles. The summed E-state index contributed by atoms with van der Waals surface area (Å²) in [5.74, 6) is 0.635. The molecule has 0 aromatic heterocycles. The number of carbonyl (C=O) groups is 2. The number of hydrogen-bond acceptors (Lipinski definition) is 5. The van der Waals surface area contributed by atoms with Gasteiger partial charge in [0.25, 0.3) is 5.91 Å². The highest BCUT2D eigenvalue weighted by Crippen LogP contribution is 2.33. The van der Waals surface area contributed by atoms with Gasteiger partial charge in [-0.3, -0.25) is 9.59 Å². The van der Waals surface area contributed by atoms with Gasteiger partial charge in [-0.05, 0) is 55.0 Å². The van der Waals surface area contributed by atoms with Gasteiger partial charge in [-0.15, -0.1) is 0 Å². The summed E-state index contributed by atoms with van der Waals surface area (Å²) in [7, 11) is 6.35. The number of benzene rings is 2. The summed E-state index contributed by atoms with van der Waals surface area (Å²) in [4.78, 5) is 29.4. The van der Waals surface area contributed by atoms with E-state index in [1.54, 1.807) is 49.4 Å². The molecule has 0 aliphatic carbocycles. The highest BCUT2D eigenvalue weighted by molar-refractivity contribution is 5.97. The Labute approximate surface area is 200 Å². The van der Waals surface area contributed by atoms with Crippen molar-refractivity contribution in [3.05, 3.63) is 59.4 Å². The van der Waals surface area contributed by atoms with Crippen LogP contribution in [0.1, 0.15) is 28.8 Å². The van der Waals surface area contributed by atoms with E-state index in [9.17, 15) is 14.0 Å². The number of amides is 2. The average Bonchev–Trinajstić information content (AvgIpc) is 2.87. The molecule has 1 atom stereocenters. The minimum Gasteiger partial charge on any atom is -0.493 e. The first-order chi connectivity index (χ1) is 16.4. The number of para-hydroxylation sites is 1. The van der Waals surface area contributed by atoms with E-state index in [0.29, 0.717) is 36.6 Å². The molecule has 8 heteroatoms. The fraction of sp³-hybridized carbons (Fsp3) is 0.462. The maximum atomic E-state index is 13.4. The molecule has 1 aliphatic heterocycles. The molecule has 0 spiro atoms.